The van der Waals surface area contributed by atoms with Crippen LogP contribution in [0.2, 0.25) is 0 Å². The molecule has 71 valence electrons. The van der Waals surface area contributed by atoms with E-state index in [2.05, 4.69) is 6.92 Å². The van der Waals surface area contributed by atoms with Crippen LogP contribution in [0.3, 0.4) is 0 Å². The van der Waals surface area contributed by atoms with Crippen LogP contribution < -0.4 is 4.74 Å². The SMILES string of the molecule is CC(=O)O.[CH2]c1ccccc1OC. The average molecular weight is 181 g/mol. The van der Waals surface area contributed by atoms with Gasteiger partial charge in [-0.1, -0.05) is 18.2 Å². The molecule has 1 aromatic rings. The molecule has 0 aliphatic heterocycles. The van der Waals surface area contributed by atoms with E-state index in [4.69, 9.17) is 14.6 Å². The van der Waals surface area contributed by atoms with Gasteiger partial charge in [0.05, 0.1) is 7.11 Å². The Hall–Kier alpha value is -1.51. The minimum absolute atomic E-state index is 0.833. The summed E-state index contributed by atoms with van der Waals surface area (Å²) in [6.07, 6.45) is 0. The molecule has 0 amide bonds. The summed E-state index contributed by atoms with van der Waals surface area (Å²) in [5.41, 5.74) is 0.931. The normalized spacial score (nSPS) is 8.23. The maximum absolute atomic E-state index is 9.00. The van der Waals surface area contributed by atoms with Crippen molar-refractivity contribution in [2.24, 2.45) is 0 Å². The van der Waals surface area contributed by atoms with E-state index in [1.54, 1.807) is 7.11 Å². The molecule has 3 nitrogen and oxygen atoms in total. The molecule has 0 saturated heterocycles. The van der Waals surface area contributed by atoms with Crippen molar-refractivity contribution in [3.8, 4) is 5.75 Å². The smallest absolute Gasteiger partial charge is 0.300 e. The number of rotatable bonds is 1. The Morgan fingerprint density at radius 3 is 2.23 bits per heavy atom. The third-order valence-electron chi connectivity index (χ3n) is 1.19. The molecular formula is C10H13O3. The molecule has 1 radical (unpaired) electrons. The van der Waals surface area contributed by atoms with Gasteiger partial charge < -0.3 is 9.84 Å². The average Bonchev–Trinajstić information content (AvgIpc) is 2.04. The van der Waals surface area contributed by atoms with Crippen molar-refractivity contribution in [2.45, 2.75) is 6.92 Å². The van der Waals surface area contributed by atoms with Gasteiger partial charge in [-0.2, -0.15) is 0 Å². The summed E-state index contributed by atoms with van der Waals surface area (Å²) in [6.45, 7) is 4.85. The molecule has 0 saturated carbocycles. The number of benzene rings is 1. The molecule has 1 N–H and O–H groups in total. The molecule has 0 heterocycles. The fourth-order valence-corrected chi connectivity index (χ4v) is 0.703. The van der Waals surface area contributed by atoms with E-state index in [1.165, 1.54) is 0 Å². The molecule has 3 heteroatoms. The standard InChI is InChI=1S/C8H9O.C2H4O2/c1-7-5-3-4-6-8(7)9-2;1-2(3)4/h3-6H,1H2,2H3;1H3,(H,3,4). The monoisotopic (exact) mass is 181 g/mol. The van der Waals surface area contributed by atoms with Crippen molar-refractivity contribution in [2.75, 3.05) is 7.11 Å². The third-order valence-corrected chi connectivity index (χ3v) is 1.19. The third kappa shape index (κ3) is 5.73. The summed E-state index contributed by atoms with van der Waals surface area (Å²) in [6, 6.07) is 7.67. The molecule has 0 aromatic heterocycles. The molecule has 0 aliphatic carbocycles. The highest BCUT2D eigenvalue weighted by Crippen LogP contribution is 2.14. The number of carbonyl (C=O) groups is 1. The summed E-state index contributed by atoms with van der Waals surface area (Å²) in [5, 5.41) is 7.42. The van der Waals surface area contributed by atoms with Gasteiger partial charge in [0.2, 0.25) is 0 Å². The predicted octanol–water partition coefficient (Wildman–Crippen LogP) is 1.97. The van der Waals surface area contributed by atoms with Crippen molar-refractivity contribution >= 4 is 5.97 Å². The molecule has 1 rings (SSSR count). The van der Waals surface area contributed by atoms with Crippen molar-refractivity contribution in [1.29, 1.82) is 0 Å². The van der Waals surface area contributed by atoms with Crippen LogP contribution in [0, 0.1) is 6.92 Å². The number of aliphatic carboxylic acids is 1. The zero-order chi connectivity index (χ0) is 10.3. The Labute approximate surface area is 78.0 Å². The fraction of sp³-hybridized carbons (Fsp3) is 0.200. The zero-order valence-corrected chi connectivity index (χ0v) is 7.78. The molecule has 0 spiro atoms. The van der Waals surface area contributed by atoms with Crippen LogP contribution in [0.1, 0.15) is 12.5 Å². The molecule has 0 unspecified atom stereocenters. The predicted molar refractivity (Wildman–Crippen MR) is 50.8 cm³/mol. The minimum Gasteiger partial charge on any atom is -0.496 e. The van der Waals surface area contributed by atoms with Gasteiger partial charge in [-0.15, -0.1) is 0 Å². The number of hydrogen-bond donors (Lipinski definition) is 1. The van der Waals surface area contributed by atoms with Crippen molar-refractivity contribution in [3.05, 3.63) is 36.8 Å². The Bertz CT molecular complexity index is 265. The summed E-state index contributed by atoms with van der Waals surface area (Å²) >= 11 is 0. The molecule has 0 atom stereocenters. The van der Waals surface area contributed by atoms with E-state index in [9.17, 15) is 0 Å². The topological polar surface area (TPSA) is 46.5 Å². The lowest BCUT2D eigenvalue weighted by Crippen LogP contribution is -1.84. The van der Waals surface area contributed by atoms with Gasteiger partial charge in [0.1, 0.15) is 5.75 Å². The van der Waals surface area contributed by atoms with E-state index in [1.807, 2.05) is 24.3 Å². The second-order valence-electron chi connectivity index (χ2n) is 2.33. The lowest BCUT2D eigenvalue weighted by molar-refractivity contribution is -0.134. The number of ether oxygens (including phenoxy) is 1. The van der Waals surface area contributed by atoms with Gasteiger partial charge in [-0.05, 0) is 18.6 Å². The molecule has 13 heavy (non-hydrogen) atoms. The van der Waals surface area contributed by atoms with E-state index in [0.29, 0.717) is 0 Å². The summed E-state index contributed by atoms with van der Waals surface area (Å²) in [5.74, 6) is 0.0116. The van der Waals surface area contributed by atoms with Gasteiger partial charge in [0.25, 0.3) is 5.97 Å². The van der Waals surface area contributed by atoms with Crippen molar-refractivity contribution < 1.29 is 14.6 Å². The van der Waals surface area contributed by atoms with Crippen molar-refractivity contribution in [1.82, 2.24) is 0 Å². The highest BCUT2D eigenvalue weighted by atomic mass is 16.5. The maximum Gasteiger partial charge on any atom is 0.300 e. The van der Waals surface area contributed by atoms with Crippen LogP contribution in [0.5, 0.6) is 5.75 Å². The second-order valence-corrected chi connectivity index (χ2v) is 2.33. The van der Waals surface area contributed by atoms with Crippen LogP contribution in [0.15, 0.2) is 24.3 Å². The van der Waals surface area contributed by atoms with E-state index < -0.39 is 5.97 Å². The van der Waals surface area contributed by atoms with Gasteiger partial charge in [0, 0.05) is 6.92 Å². The van der Waals surface area contributed by atoms with Gasteiger partial charge in [-0.25, -0.2) is 0 Å². The van der Waals surface area contributed by atoms with E-state index >= 15 is 0 Å². The number of hydrogen-bond acceptors (Lipinski definition) is 2. The van der Waals surface area contributed by atoms with E-state index in [0.717, 1.165) is 18.2 Å². The Kier molecular flexibility index (Phi) is 5.35. The van der Waals surface area contributed by atoms with Crippen LogP contribution >= 0.6 is 0 Å². The first-order valence-electron chi connectivity index (χ1n) is 3.72. The summed E-state index contributed by atoms with van der Waals surface area (Å²) < 4.78 is 4.98. The van der Waals surface area contributed by atoms with Gasteiger partial charge in [0.15, 0.2) is 0 Å². The molecule has 0 fully saturated rings. The lowest BCUT2D eigenvalue weighted by Gasteiger charge is -2.00. The van der Waals surface area contributed by atoms with Crippen LogP contribution in [-0.4, -0.2) is 18.2 Å². The first-order valence-corrected chi connectivity index (χ1v) is 3.72. The maximum atomic E-state index is 9.00. The van der Waals surface area contributed by atoms with Crippen LogP contribution in [0.4, 0.5) is 0 Å². The number of methoxy groups -OCH3 is 1. The molecule has 0 bridgehead atoms. The number of para-hydroxylation sites is 1. The van der Waals surface area contributed by atoms with Crippen LogP contribution in [0.25, 0.3) is 0 Å². The summed E-state index contributed by atoms with van der Waals surface area (Å²) in [7, 11) is 1.64. The highest BCUT2D eigenvalue weighted by Gasteiger charge is 1.91. The zero-order valence-electron chi connectivity index (χ0n) is 7.78. The Balaban J connectivity index is 0.000000310. The number of carboxylic acid groups (broad SMARTS) is 1. The second kappa shape index (κ2) is 6.06. The van der Waals surface area contributed by atoms with Gasteiger partial charge >= 0.3 is 0 Å². The highest BCUT2D eigenvalue weighted by molar-refractivity contribution is 5.62. The lowest BCUT2D eigenvalue weighted by atomic mass is 10.2. The number of carboxylic acids is 1. The first kappa shape index (κ1) is 11.5. The molecule has 1 aromatic carbocycles. The van der Waals surface area contributed by atoms with E-state index in [-0.39, 0.29) is 0 Å². The molecule has 0 aliphatic rings. The largest absolute Gasteiger partial charge is 0.496 e. The molecular weight excluding hydrogens is 168 g/mol. The summed E-state index contributed by atoms with van der Waals surface area (Å²) in [4.78, 5) is 9.00. The van der Waals surface area contributed by atoms with Crippen molar-refractivity contribution in [3.63, 3.8) is 0 Å². The fourth-order valence-electron chi connectivity index (χ4n) is 0.703. The Morgan fingerprint density at radius 2 is 1.92 bits per heavy atom. The Morgan fingerprint density at radius 1 is 1.46 bits per heavy atom. The van der Waals surface area contributed by atoms with Crippen LogP contribution in [-0.2, 0) is 4.79 Å². The minimum atomic E-state index is -0.833. The first-order chi connectivity index (χ1) is 6.07. The van der Waals surface area contributed by atoms with Gasteiger partial charge in [-0.3, -0.25) is 4.79 Å². The quantitative estimate of drug-likeness (QED) is 0.720.